The zero-order valence-corrected chi connectivity index (χ0v) is 27.7. The van der Waals surface area contributed by atoms with Crippen LogP contribution in [-0.2, 0) is 19.1 Å². The van der Waals surface area contributed by atoms with Crippen LogP contribution in [0.25, 0.3) is 0 Å². The predicted octanol–water partition coefficient (Wildman–Crippen LogP) is 4.41. The lowest BCUT2D eigenvalue weighted by Gasteiger charge is -2.58. The van der Waals surface area contributed by atoms with Gasteiger partial charge in [0, 0.05) is 30.1 Å². The molecular formula is C35H52N4O7. The van der Waals surface area contributed by atoms with Gasteiger partial charge >= 0.3 is 6.09 Å². The number of fused-ring (bicyclic) bond motifs is 5. The van der Waals surface area contributed by atoms with E-state index in [1.807, 2.05) is 32.1 Å². The zero-order valence-electron chi connectivity index (χ0n) is 27.7. The van der Waals surface area contributed by atoms with Crippen LogP contribution in [0.3, 0.4) is 0 Å². The second-order valence-electron chi connectivity index (χ2n) is 13.8. The highest BCUT2D eigenvalue weighted by atomic mass is 16.6. The number of rotatable bonds is 12. The van der Waals surface area contributed by atoms with Gasteiger partial charge in [-0.1, -0.05) is 51.8 Å². The third-order valence-corrected chi connectivity index (χ3v) is 10.9. The number of aliphatic hydroxyl groups is 2. The fourth-order valence-corrected chi connectivity index (χ4v) is 8.81. The normalized spacial score (nSPS) is 32.6. The molecule has 3 fully saturated rings. The summed E-state index contributed by atoms with van der Waals surface area (Å²) in [5, 5.41) is 26.2. The van der Waals surface area contributed by atoms with Crippen LogP contribution in [0.2, 0.25) is 0 Å². The lowest BCUT2D eigenvalue weighted by molar-refractivity contribution is -0.123. The van der Waals surface area contributed by atoms with Crippen LogP contribution in [-0.4, -0.2) is 58.4 Å². The maximum atomic E-state index is 12.6. The summed E-state index contributed by atoms with van der Waals surface area (Å²) in [4.78, 5) is 48.9. The lowest BCUT2D eigenvalue weighted by atomic mass is 9.46. The Morgan fingerprint density at radius 3 is 2.61 bits per heavy atom. The molecule has 0 aromatic rings. The number of aliphatic hydroxyl groups excluding tert-OH is 2. The third-order valence-electron chi connectivity index (χ3n) is 10.9. The van der Waals surface area contributed by atoms with Crippen molar-refractivity contribution in [3.8, 4) is 0 Å². The van der Waals surface area contributed by atoms with Crippen molar-refractivity contribution in [2.45, 2.75) is 111 Å². The molecule has 254 valence electrons. The molecule has 3 saturated carbocycles. The number of ether oxygens (including phenoxy) is 1. The minimum atomic E-state index is -0.749. The number of hydrogen-bond acceptors (Lipinski definition) is 8. The van der Waals surface area contributed by atoms with Crippen LogP contribution in [0, 0.1) is 34.5 Å². The second-order valence-corrected chi connectivity index (χ2v) is 13.8. The van der Waals surface area contributed by atoms with Crippen molar-refractivity contribution in [1.29, 1.82) is 0 Å². The molecular weight excluding hydrogens is 588 g/mol. The summed E-state index contributed by atoms with van der Waals surface area (Å²) in [5.41, 5.74) is 8.12. The molecule has 46 heavy (non-hydrogen) atoms. The molecule has 3 amide bonds. The number of nitrogens with zero attached hydrogens (tertiary/aromatic N) is 1. The monoisotopic (exact) mass is 640 g/mol. The van der Waals surface area contributed by atoms with Gasteiger partial charge in [-0.2, -0.15) is 5.10 Å². The van der Waals surface area contributed by atoms with E-state index in [9.17, 15) is 29.4 Å². The number of hydrazone groups is 1. The molecule has 0 saturated heterocycles. The highest BCUT2D eigenvalue weighted by Crippen LogP contribution is 2.66. The molecule has 11 nitrogen and oxygen atoms in total. The highest BCUT2D eigenvalue weighted by Gasteiger charge is 2.62. The van der Waals surface area contributed by atoms with Crippen LogP contribution >= 0.6 is 0 Å². The van der Waals surface area contributed by atoms with Gasteiger partial charge in [0.15, 0.2) is 5.78 Å². The van der Waals surface area contributed by atoms with Gasteiger partial charge in [-0.3, -0.25) is 19.8 Å². The van der Waals surface area contributed by atoms with Gasteiger partial charge in [-0.25, -0.2) is 15.6 Å². The van der Waals surface area contributed by atoms with E-state index in [-0.39, 0.29) is 72.2 Å². The number of amides is 3. The summed E-state index contributed by atoms with van der Waals surface area (Å²) in [6, 6.07) is 0. The first-order chi connectivity index (χ1) is 22.0. The summed E-state index contributed by atoms with van der Waals surface area (Å²) < 4.78 is 5.31. The summed E-state index contributed by atoms with van der Waals surface area (Å²) in [6.07, 6.45) is 14.2. The van der Waals surface area contributed by atoms with E-state index in [4.69, 9.17) is 4.74 Å². The van der Waals surface area contributed by atoms with Crippen molar-refractivity contribution in [2.24, 2.45) is 39.6 Å². The Morgan fingerprint density at radius 1 is 1.13 bits per heavy atom. The Bertz CT molecular complexity index is 1280. The summed E-state index contributed by atoms with van der Waals surface area (Å²) in [5.74, 6) is -0.253. The molecule has 5 N–H and O–H groups in total. The number of hydrazine groups is 1. The fourth-order valence-electron chi connectivity index (χ4n) is 8.81. The van der Waals surface area contributed by atoms with Gasteiger partial charge in [0.05, 0.1) is 18.4 Å². The van der Waals surface area contributed by atoms with Gasteiger partial charge < -0.3 is 14.9 Å². The van der Waals surface area contributed by atoms with E-state index in [1.165, 1.54) is 0 Å². The average Bonchev–Trinajstić information content (AvgIpc) is 3.35. The Kier molecular flexibility index (Phi) is 12.0. The smallest absolute Gasteiger partial charge is 0.426 e. The molecule has 0 aromatic heterocycles. The predicted molar refractivity (Wildman–Crippen MR) is 174 cm³/mol. The Labute approximate surface area is 272 Å². The van der Waals surface area contributed by atoms with Crippen molar-refractivity contribution in [3.05, 3.63) is 36.0 Å². The van der Waals surface area contributed by atoms with Crippen LogP contribution in [0.15, 0.2) is 41.1 Å². The quantitative estimate of drug-likeness (QED) is 0.120. The van der Waals surface area contributed by atoms with Crippen LogP contribution in [0.4, 0.5) is 4.79 Å². The number of ketones is 1. The van der Waals surface area contributed by atoms with Gasteiger partial charge in [0.2, 0.25) is 11.8 Å². The molecule has 4 aliphatic rings. The Morgan fingerprint density at radius 2 is 1.89 bits per heavy atom. The second kappa shape index (κ2) is 15.5. The van der Waals surface area contributed by atoms with Crippen LogP contribution in [0.1, 0.15) is 98.3 Å². The topological polar surface area (TPSA) is 166 Å². The lowest BCUT2D eigenvalue weighted by Crippen LogP contribution is -2.56. The van der Waals surface area contributed by atoms with E-state index in [0.717, 1.165) is 44.1 Å². The summed E-state index contributed by atoms with van der Waals surface area (Å²) >= 11 is 0. The van der Waals surface area contributed by atoms with Crippen LogP contribution in [0.5, 0.6) is 0 Å². The fraction of sp³-hybridized carbons (Fsp3) is 0.686. The molecule has 8 unspecified atom stereocenters. The number of allylic oxidation sites excluding steroid dienone is 5. The molecule has 0 aliphatic heterocycles. The number of carbonyl (C=O) groups excluding carboxylic acids is 4. The maximum absolute atomic E-state index is 12.6. The van der Waals surface area contributed by atoms with Crippen molar-refractivity contribution >= 4 is 29.4 Å². The molecule has 8 atom stereocenters. The van der Waals surface area contributed by atoms with Gasteiger partial charge in [0.25, 0.3) is 0 Å². The number of nitrogens with one attached hydrogen (secondary N) is 3. The number of carbonyl (C=O) groups is 4. The van der Waals surface area contributed by atoms with Gasteiger partial charge in [0.1, 0.15) is 6.10 Å². The minimum absolute atomic E-state index is 0.0143. The molecule has 0 bridgehead atoms. The van der Waals surface area contributed by atoms with Gasteiger partial charge in [-0.15, -0.1) is 0 Å². The van der Waals surface area contributed by atoms with Gasteiger partial charge in [-0.05, 0) is 86.8 Å². The third kappa shape index (κ3) is 7.79. The van der Waals surface area contributed by atoms with E-state index < -0.39 is 18.1 Å². The molecule has 0 radical (unpaired) electrons. The van der Waals surface area contributed by atoms with E-state index in [2.05, 4.69) is 35.2 Å². The zero-order chi connectivity index (χ0) is 33.5. The van der Waals surface area contributed by atoms with Crippen molar-refractivity contribution < 1.29 is 34.1 Å². The minimum Gasteiger partial charge on any atom is -0.441 e. The number of hydrogen-bond donors (Lipinski definition) is 5. The summed E-state index contributed by atoms with van der Waals surface area (Å²) in [6.45, 7) is 8.02. The standard InChI is InChI=1S/C35H52N4O7/c1-5-7-10-24(9-6-2)46-33(45)39-38-31(44)12-8-11-30(43)37-36-28(21-40)27-16-15-26-25-14-13-22-19-23(41)17-18-34(22,3)32(25)29(42)20-35(26,27)4/h7,10,17-19,24-27,29,32,40,42H,5-6,8-9,11-16,20-21H2,1-4H3,(H,37,43)(H,38,44)(H,39,45)/b10-7+,36-28-. The molecule has 0 aromatic carbocycles. The van der Waals surface area contributed by atoms with Crippen molar-refractivity contribution in [1.82, 2.24) is 16.3 Å². The van der Waals surface area contributed by atoms with Crippen molar-refractivity contribution in [2.75, 3.05) is 6.61 Å². The summed E-state index contributed by atoms with van der Waals surface area (Å²) in [7, 11) is 0. The van der Waals surface area contributed by atoms with Crippen molar-refractivity contribution in [3.63, 3.8) is 0 Å². The average molecular weight is 641 g/mol. The first-order valence-corrected chi connectivity index (χ1v) is 17.0. The molecule has 0 spiro atoms. The maximum Gasteiger partial charge on any atom is 0.426 e. The highest BCUT2D eigenvalue weighted by molar-refractivity contribution is 6.01. The molecule has 4 rings (SSSR count). The Hall–Kier alpha value is -3.31. The molecule has 0 heterocycles. The Balaban J connectivity index is 1.27. The molecule has 4 aliphatic carbocycles. The van der Waals surface area contributed by atoms with Crippen LogP contribution < -0.4 is 16.3 Å². The van der Waals surface area contributed by atoms with E-state index in [1.54, 1.807) is 12.2 Å². The largest absolute Gasteiger partial charge is 0.441 e. The van der Waals surface area contributed by atoms with E-state index >= 15 is 0 Å². The van der Waals surface area contributed by atoms with E-state index in [0.29, 0.717) is 24.5 Å². The first kappa shape index (κ1) is 35.5. The molecule has 11 heteroatoms. The SMILES string of the molecule is CC/C=C/C(CCC)OC(=O)NNC(=O)CCCC(=O)N/N=C(/CO)C1CCC2C3CCC4=CC(=O)C=CC4(C)C3C(O)CC12C. The first-order valence-electron chi connectivity index (χ1n) is 17.0.